The number of carbonyl (C=O) groups excluding carboxylic acids is 1. The maximum Gasteiger partial charge on any atom is 0.193 e. The zero-order valence-electron chi connectivity index (χ0n) is 12.5. The van der Waals surface area contributed by atoms with Crippen molar-refractivity contribution in [1.82, 2.24) is 0 Å². The van der Waals surface area contributed by atoms with Crippen LogP contribution in [0.15, 0.2) is 48.5 Å². The van der Waals surface area contributed by atoms with E-state index < -0.39 is 0 Å². The topological polar surface area (TPSA) is 17.1 Å². The summed E-state index contributed by atoms with van der Waals surface area (Å²) in [6.45, 7) is 6.50. The van der Waals surface area contributed by atoms with E-state index >= 15 is 0 Å². The quantitative estimate of drug-likeness (QED) is 0.696. The fraction of sp³-hybridized carbons (Fsp3) is 0.316. The smallest absolute Gasteiger partial charge is 0.193 e. The number of hydrogen-bond donors (Lipinski definition) is 0. The van der Waals surface area contributed by atoms with Crippen molar-refractivity contribution >= 4 is 5.78 Å². The molecular formula is C19H22O. The molecule has 0 saturated heterocycles. The van der Waals surface area contributed by atoms with Crippen molar-refractivity contribution in [2.24, 2.45) is 0 Å². The molecule has 2 rings (SSSR count). The molecule has 0 radical (unpaired) electrons. The fourth-order valence-corrected chi connectivity index (χ4v) is 2.26. The minimum Gasteiger partial charge on any atom is -0.289 e. The number of aryl methyl sites for hydroxylation is 1. The first kappa shape index (κ1) is 14.5. The maximum absolute atomic E-state index is 12.4. The Bertz CT molecular complexity index is 564. The molecule has 0 saturated carbocycles. The normalized spacial score (nSPS) is 12.2. The molecule has 0 aliphatic rings. The van der Waals surface area contributed by atoms with Crippen molar-refractivity contribution < 1.29 is 4.79 Å². The second-order valence-electron chi connectivity index (χ2n) is 5.31. The Balaban J connectivity index is 2.19. The Morgan fingerprint density at radius 3 is 1.85 bits per heavy atom. The lowest BCUT2D eigenvalue weighted by atomic mass is 9.95. The summed E-state index contributed by atoms with van der Waals surface area (Å²) >= 11 is 0. The van der Waals surface area contributed by atoms with Crippen molar-refractivity contribution in [3.05, 3.63) is 70.8 Å². The Kier molecular flexibility index (Phi) is 4.73. The first-order valence-electron chi connectivity index (χ1n) is 7.39. The molecule has 1 nitrogen and oxygen atoms in total. The van der Waals surface area contributed by atoms with Crippen LogP contribution in [0.1, 0.15) is 60.2 Å². The molecule has 1 heteroatoms. The zero-order chi connectivity index (χ0) is 14.5. The minimum atomic E-state index is 0.100. The van der Waals surface area contributed by atoms with Gasteiger partial charge in [-0.1, -0.05) is 69.3 Å². The predicted molar refractivity (Wildman–Crippen MR) is 84.4 cm³/mol. The van der Waals surface area contributed by atoms with Crippen molar-refractivity contribution in [3.63, 3.8) is 0 Å². The van der Waals surface area contributed by atoms with Crippen LogP contribution in [0.5, 0.6) is 0 Å². The van der Waals surface area contributed by atoms with Crippen LogP contribution in [0.3, 0.4) is 0 Å². The third-order valence-corrected chi connectivity index (χ3v) is 3.98. The summed E-state index contributed by atoms with van der Waals surface area (Å²) in [7, 11) is 0. The molecule has 1 atom stereocenters. The highest BCUT2D eigenvalue weighted by molar-refractivity contribution is 6.08. The van der Waals surface area contributed by atoms with Gasteiger partial charge in [-0.15, -0.1) is 0 Å². The molecule has 2 aromatic rings. The summed E-state index contributed by atoms with van der Waals surface area (Å²) < 4.78 is 0. The molecule has 0 aliphatic heterocycles. The van der Waals surface area contributed by atoms with Crippen LogP contribution >= 0.6 is 0 Å². The van der Waals surface area contributed by atoms with E-state index in [9.17, 15) is 4.79 Å². The summed E-state index contributed by atoms with van der Waals surface area (Å²) in [6.07, 6.45) is 2.11. The lowest BCUT2D eigenvalue weighted by Gasteiger charge is -2.09. The van der Waals surface area contributed by atoms with E-state index in [1.807, 2.05) is 36.4 Å². The predicted octanol–water partition coefficient (Wildman–Crippen LogP) is 4.99. The van der Waals surface area contributed by atoms with Gasteiger partial charge < -0.3 is 0 Å². The Morgan fingerprint density at radius 1 is 0.900 bits per heavy atom. The number of rotatable bonds is 5. The SMILES string of the molecule is CCc1ccc(C(=O)c2ccc(C(C)CC)cc2)cc1. The molecular weight excluding hydrogens is 244 g/mol. The number of ketones is 1. The molecule has 1 unspecified atom stereocenters. The third-order valence-electron chi connectivity index (χ3n) is 3.98. The first-order valence-corrected chi connectivity index (χ1v) is 7.39. The summed E-state index contributed by atoms with van der Waals surface area (Å²) in [4.78, 5) is 12.4. The molecule has 0 fully saturated rings. The molecule has 20 heavy (non-hydrogen) atoms. The molecule has 0 spiro atoms. The molecule has 0 aliphatic carbocycles. The Hall–Kier alpha value is -1.89. The highest BCUT2D eigenvalue weighted by Gasteiger charge is 2.10. The average Bonchev–Trinajstić information content (AvgIpc) is 2.53. The second-order valence-corrected chi connectivity index (χ2v) is 5.31. The summed E-state index contributed by atoms with van der Waals surface area (Å²) in [5.41, 5.74) is 4.08. The Morgan fingerprint density at radius 2 is 1.40 bits per heavy atom. The van der Waals surface area contributed by atoms with Gasteiger partial charge in [-0.2, -0.15) is 0 Å². The van der Waals surface area contributed by atoms with Crippen molar-refractivity contribution in [2.45, 2.75) is 39.5 Å². The monoisotopic (exact) mass is 266 g/mol. The van der Waals surface area contributed by atoms with Crippen LogP contribution in [0.4, 0.5) is 0 Å². The van der Waals surface area contributed by atoms with Crippen LogP contribution in [0, 0.1) is 0 Å². The summed E-state index contributed by atoms with van der Waals surface area (Å²) in [5.74, 6) is 0.645. The molecule has 0 aromatic heterocycles. The van der Waals surface area contributed by atoms with Crippen molar-refractivity contribution in [2.75, 3.05) is 0 Å². The van der Waals surface area contributed by atoms with Gasteiger partial charge in [0.1, 0.15) is 0 Å². The fourth-order valence-electron chi connectivity index (χ4n) is 2.26. The third kappa shape index (κ3) is 3.16. The van der Waals surface area contributed by atoms with Gasteiger partial charge in [0.25, 0.3) is 0 Å². The second kappa shape index (κ2) is 6.51. The van der Waals surface area contributed by atoms with Gasteiger partial charge in [-0.25, -0.2) is 0 Å². The van der Waals surface area contributed by atoms with Gasteiger partial charge in [0.15, 0.2) is 5.78 Å². The van der Waals surface area contributed by atoms with Gasteiger partial charge in [0.05, 0.1) is 0 Å². The van der Waals surface area contributed by atoms with Crippen LogP contribution < -0.4 is 0 Å². The summed E-state index contributed by atoms with van der Waals surface area (Å²) in [6, 6.07) is 15.9. The molecule has 0 N–H and O–H groups in total. The molecule has 0 heterocycles. The van der Waals surface area contributed by atoms with E-state index in [0.29, 0.717) is 5.92 Å². The van der Waals surface area contributed by atoms with Crippen molar-refractivity contribution in [3.8, 4) is 0 Å². The highest BCUT2D eigenvalue weighted by Crippen LogP contribution is 2.20. The Labute approximate surface area is 121 Å². The standard InChI is InChI=1S/C19H22O/c1-4-14(3)16-10-12-18(13-11-16)19(20)17-8-6-15(5-2)7-9-17/h6-14H,4-5H2,1-3H3. The largest absolute Gasteiger partial charge is 0.289 e. The molecule has 0 bridgehead atoms. The van der Waals surface area contributed by atoms with Crippen LogP contribution in [0.25, 0.3) is 0 Å². The van der Waals surface area contributed by atoms with Crippen molar-refractivity contribution in [1.29, 1.82) is 0 Å². The van der Waals surface area contributed by atoms with Crippen LogP contribution in [0.2, 0.25) is 0 Å². The van der Waals surface area contributed by atoms with Crippen LogP contribution in [-0.4, -0.2) is 5.78 Å². The molecule has 2 aromatic carbocycles. The van der Waals surface area contributed by atoms with Gasteiger partial charge >= 0.3 is 0 Å². The van der Waals surface area contributed by atoms with Gasteiger partial charge in [-0.3, -0.25) is 4.79 Å². The number of carbonyl (C=O) groups is 1. The lowest BCUT2D eigenvalue weighted by Crippen LogP contribution is -2.02. The average molecular weight is 266 g/mol. The van der Waals surface area contributed by atoms with E-state index in [1.54, 1.807) is 0 Å². The van der Waals surface area contributed by atoms with E-state index in [4.69, 9.17) is 0 Å². The number of hydrogen-bond acceptors (Lipinski definition) is 1. The van der Waals surface area contributed by atoms with Gasteiger partial charge in [0, 0.05) is 11.1 Å². The summed E-state index contributed by atoms with van der Waals surface area (Å²) in [5, 5.41) is 0. The van der Waals surface area contributed by atoms with Gasteiger partial charge in [0.2, 0.25) is 0 Å². The maximum atomic E-state index is 12.4. The minimum absolute atomic E-state index is 0.100. The van der Waals surface area contributed by atoms with E-state index in [2.05, 4.69) is 32.9 Å². The lowest BCUT2D eigenvalue weighted by molar-refractivity contribution is 0.103. The van der Waals surface area contributed by atoms with Gasteiger partial charge in [-0.05, 0) is 29.9 Å². The molecule has 104 valence electrons. The van der Waals surface area contributed by atoms with Crippen LogP contribution in [-0.2, 0) is 6.42 Å². The molecule has 0 amide bonds. The van der Waals surface area contributed by atoms with E-state index in [-0.39, 0.29) is 5.78 Å². The highest BCUT2D eigenvalue weighted by atomic mass is 16.1. The first-order chi connectivity index (χ1) is 9.65. The van der Waals surface area contributed by atoms with E-state index in [0.717, 1.165) is 24.0 Å². The van der Waals surface area contributed by atoms with E-state index in [1.165, 1.54) is 11.1 Å². The zero-order valence-corrected chi connectivity index (χ0v) is 12.5. The number of benzene rings is 2.